The molecule has 0 saturated heterocycles. The highest BCUT2D eigenvalue weighted by molar-refractivity contribution is 7.12. The first kappa shape index (κ1) is 7.76. The molecule has 0 aliphatic carbocycles. The average molecular weight is 155 g/mol. The van der Waals surface area contributed by atoms with Crippen molar-refractivity contribution < 1.29 is 0 Å². The van der Waals surface area contributed by atoms with Gasteiger partial charge in [-0.3, -0.25) is 0 Å². The summed E-state index contributed by atoms with van der Waals surface area (Å²) in [6.45, 7) is 5.08. The number of thiophene rings is 1. The number of hydrogen-bond acceptors (Lipinski definition) is 2. The Morgan fingerprint density at radius 2 is 2.20 bits per heavy atom. The van der Waals surface area contributed by atoms with Gasteiger partial charge in [0.25, 0.3) is 0 Å². The Morgan fingerprint density at radius 3 is 2.50 bits per heavy atom. The molecule has 2 N–H and O–H groups in total. The molecule has 56 valence electrons. The van der Waals surface area contributed by atoms with Crippen LogP contribution in [0.5, 0.6) is 0 Å². The van der Waals surface area contributed by atoms with Gasteiger partial charge in [0.05, 0.1) is 0 Å². The summed E-state index contributed by atoms with van der Waals surface area (Å²) in [5, 5.41) is 0. The fourth-order valence-electron chi connectivity index (χ4n) is 0.815. The highest BCUT2D eigenvalue weighted by Crippen LogP contribution is 2.23. The SMILES string of the molecule is CC(C)c1ccc(CN)s1. The van der Waals surface area contributed by atoms with Gasteiger partial charge >= 0.3 is 0 Å². The molecule has 1 nitrogen and oxygen atoms in total. The Balaban J connectivity index is 2.78. The molecule has 0 amide bonds. The molecule has 1 aromatic rings. The van der Waals surface area contributed by atoms with E-state index in [0.717, 1.165) is 0 Å². The summed E-state index contributed by atoms with van der Waals surface area (Å²) in [7, 11) is 0. The van der Waals surface area contributed by atoms with Crippen LogP contribution in [0.2, 0.25) is 0 Å². The van der Waals surface area contributed by atoms with E-state index in [9.17, 15) is 0 Å². The summed E-state index contributed by atoms with van der Waals surface area (Å²) in [6.07, 6.45) is 0. The highest BCUT2D eigenvalue weighted by atomic mass is 32.1. The van der Waals surface area contributed by atoms with Crippen molar-refractivity contribution in [3.05, 3.63) is 21.9 Å². The molecule has 0 bridgehead atoms. The lowest BCUT2D eigenvalue weighted by molar-refractivity contribution is 0.890. The van der Waals surface area contributed by atoms with Gasteiger partial charge in [0, 0.05) is 16.3 Å². The molecule has 0 aliphatic heterocycles. The lowest BCUT2D eigenvalue weighted by Gasteiger charge is -1.96. The summed E-state index contributed by atoms with van der Waals surface area (Å²) >= 11 is 1.82. The maximum absolute atomic E-state index is 5.47. The van der Waals surface area contributed by atoms with Gasteiger partial charge in [-0.2, -0.15) is 0 Å². The minimum Gasteiger partial charge on any atom is -0.326 e. The first-order chi connectivity index (χ1) is 4.74. The van der Waals surface area contributed by atoms with E-state index in [1.165, 1.54) is 9.75 Å². The second kappa shape index (κ2) is 3.17. The predicted molar refractivity (Wildman–Crippen MR) is 46.3 cm³/mol. The van der Waals surface area contributed by atoms with Crippen LogP contribution in [0, 0.1) is 0 Å². The van der Waals surface area contributed by atoms with Gasteiger partial charge < -0.3 is 5.73 Å². The van der Waals surface area contributed by atoms with Crippen molar-refractivity contribution in [2.24, 2.45) is 5.73 Å². The van der Waals surface area contributed by atoms with Crippen LogP contribution in [0.1, 0.15) is 29.5 Å². The van der Waals surface area contributed by atoms with Gasteiger partial charge in [-0.1, -0.05) is 13.8 Å². The van der Waals surface area contributed by atoms with Crippen LogP contribution < -0.4 is 5.73 Å². The molecule has 10 heavy (non-hydrogen) atoms. The largest absolute Gasteiger partial charge is 0.326 e. The molecule has 0 atom stereocenters. The van der Waals surface area contributed by atoms with Crippen LogP contribution >= 0.6 is 11.3 Å². The normalized spacial score (nSPS) is 10.8. The highest BCUT2D eigenvalue weighted by Gasteiger charge is 2.01. The summed E-state index contributed by atoms with van der Waals surface area (Å²) in [6, 6.07) is 4.28. The van der Waals surface area contributed by atoms with Crippen molar-refractivity contribution in [3.63, 3.8) is 0 Å². The molecule has 1 rings (SSSR count). The molecule has 0 saturated carbocycles. The van der Waals surface area contributed by atoms with Crippen LogP contribution in [0.4, 0.5) is 0 Å². The van der Waals surface area contributed by atoms with Crippen LogP contribution in [-0.2, 0) is 6.54 Å². The molecule has 0 unspecified atom stereocenters. The predicted octanol–water partition coefficient (Wildman–Crippen LogP) is 2.33. The maximum atomic E-state index is 5.47. The van der Waals surface area contributed by atoms with E-state index < -0.39 is 0 Å². The molecule has 1 heterocycles. The topological polar surface area (TPSA) is 26.0 Å². The lowest BCUT2D eigenvalue weighted by Crippen LogP contribution is -1.91. The van der Waals surface area contributed by atoms with E-state index in [1.54, 1.807) is 0 Å². The van der Waals surface area contributed by atoms with Crippen LogP contribution in [0.15, 0.2) is 12.1 Å². The first-order valence-corrected chi connectivity index (χ1v) is 4.34. The number of nitrogens with two attached hydrogens (primary N) is 1. The minimum atomic E-state index is 0.644. The summed E-state index contributed by atoms with van der Waals surface area (Å²) in [5.74, 6) is 0.644. The standard InChI is InChI=1S/C8H13NS/c1-6(2)8-4-3-7(5-9)10-8/h3-4,6H,5,9H2,1-2H3. The van der Waals surface area contributed by atoms with Gasteiger partial charge in [-0.05, 0) is 18.1 Å². The molecule has 0 spiro atoms. The third-order valence-electron chi connectivity index (χ3n) is 1.45. The zero-order chi connectivity index (χ0) is 7.56. The smallest absolute Gasteiger partial charge is 0.0273 e. The minimum absolute atomic E-state index is 0.644. The van der Waals surface area contributed by atoms with Crippen molar-refractivity contribution >= 4 is 11.3 Å². The Labute approximate surface area is 65.9 Å². The van der Waals surface area contributed by atoms with E-state index in [4.69, 9.17) is 5.73 Å². The van der Waals surface area contributed by atoms with Crippen LogP contribution in [0.25, 0.3) is 0 Å². The average Bonchev–Trinajstić information content (AvgIpc) is 2.34. The van der Waals surface area contributed by atoms with Crippen molar-refractivity contribution in [3.8, 4) is 0 Å². The second-order valence-electron chi connectivity index (χ2n) is 2.66. The zero-order valence-corrected chi connectivity index (χ0v) is 7.24. The molecular weight excluding hydrogens is 142 g/mol. The molecule has 0 aromatic carbocycles. The second-order valence-corrected chi connectivity index (χ2v) is 3.86. The summed E-state index contributed by atoms with van der Waals surface area (Å²) in [4.78, 5) is 2.71. The third kappa shape index (κ3) is 1.58. The Morgan fingerprint density at radius 1 is 1.50 bits per heavy atom. The fraction of sp³-hybridized carbons (Fsp3) is 0.500. The number of hydrogen-bond donors (Lipinski definition) is 1. The van der Waals surface area contributed by atoms with E-state index in [1.807, 2.05) is 11.3 Å². The first-order valence-electron chi connectivity index (χ1n) is 3.52. The van der Waals surface area contributed by atoms with E-state index >= 15 is 0 Å². The molecular formula is C8H13NS. The summed E-state index contributed by atoms with van der Waals surface area (Å²) < 4.78 is 0. The van der Waals surface area contributed by atoms with Gasteiger partial charge in [0.2, 0.25) is 0 Å². The van der Waals surface area contributed by atoms with Crippen molar-refractivity contribution in [1.82, 2.24) is 0 Å². The van der Waals surface area contributed by atoms with E-state index in [-0.39, 0.29) is 0 Å². The Bertz CT molecular complexity index is 203. The Hall–Kier alpha value is -0.340. The molecule has 1 aromatic heterocycles. The van der Waals surface area contributed by atoms with E-state index in [0.29, 0.717) is 12.5 Å². The third-order valence-corrected chi connectivity index (χ3v) is 2.86. The van der Waals surface area contributed by atoms with Gasteiger partial charge in [-0.25, -0.2) is 0 Å². The van der Waals surface area contributed by atoms with Gasteiger partial charge in [0.15, 0.2) is 0 Å². The van der Waals surface area contributed by atoms with Crippen molar-refractivity contribution in [1.29, 1.82) is 0 Å². The lowest BCUT2D eigenvalue weighted by atomic mass is 10.2. The van der Waals surface area contributed by atoms with E-state index in [2.05, 4.69) is 26.0 Å². The van der Waals surface area contributed by atoms with Gasteiger partial charge in [0.1, 0.15) is 0 Å². The maximum Gasteiger partial charge on any atom is 0.0273 e. The molecule has 0 aliphatic rings. The zero-order valence-electron chi connectivity index (χ0n) is 6.42. The monoisotopic (exact) mass is 155 g/mol. The fourth-order valence-corrected chi connectivity index (χ4v) is 1.71. The van der Waals surface area contributed by atoms with Crippen molar-refractivity contribution in [2.45, 2.75) is 26.3 Å². The molecule has 0 radical (unpaired) electrons. The van der Waals surface area contributed by atoms with Crippen molar-refractivity contribution in [2.75, 3.05) is 0 Å². The van der Waals surface area contributed by atoms with Crippen LogP contribution in [-0.4, -0.2) is 0 Å². The quantitative estimate of drug-likeness (QED) is 0.697. The van der Waals surface area contributed by atoms with Gasteiger partial charge in [-0.15, -0.1) is 11.3 Å². The number of rotatable bonds is 2. The van der Waals surface area contributed by atoms with Crippen LogP contribution in [0.3, 0.4) is 0 Å². The molecule has 2 heteroatoms. The molecule has 0 fully saturated rings. The summed E-state index contributed by atoms with van der Waals surface area (Å²) in [5.41, 5.74) is 5.47. The Kier molecular flexibility index (Phi) is 2.46.